The van der Waals surface area contributed by atoms with Crippen LogP contribution >= 0.6 is 0 Å². The minimum Gasteiger partial charge on any atom is -0.378 e. The molecule has 0 radical (unpaired) electrons. The third kappa shape index (κ3) is 3.21. The Morgan fingerprint density at radius 3 is 2.67 bits per heavy atom. The molecule has 6 heteroatoms. The van der Waals surface area contributed by atoms with Gasteiger partial charge in [0.25, 0.3) is 11.8 Å². The van der Waals surface area contributed by atoms with E-state index in [0.717, 1.165) is 5.56 Å². The predicted octanol–water partition coefficient (Wildman–Crippen LogP) is 0.657. The minimum absolute atomic E-state index is 0.0746. The zero-order valence-corrected chi connectivity index (χ0v) is 12.4. The number of β-amino-alcohol motifs (C(OH)–C–C–N with tert-alkyl or cyclic N) is 1. The summed E-state index contributed by atoms with van der Waals surface area (Å²) in [6.45, 7) is 4.52. The number of pyridine rings is 1. The molecule has 1 aromatic heterocycles. The fraction of sp³-hybridized carbons (Fsp3) is 0.533. The Bertz CT molecular complexity index is 542. The highest BCUT2D eigenvalue weighted by Gasteiger charge is 2.40. The highest BCUT2D eigenvalue weighted by molar-refractivity contribution is 5.93. The summed E-state index contributed by atoms with van der Waals surface area (Å²) in [5.41, 5.74) is 4.95. The van der Waals surface area contributed by atoms with Crippen LogP contribution in [0.4, 0.5) is 0 Å². The number of primary amides is 1. The molecular formula is C15H21N3O3. The zero-order valence-electron chi connectivity index (χ0n) is 12.4. The van der Waals surface area contributed by atoms with E-state index >= 15 is 0 Å². The summed E-state index contributed by atoms with van der Waals surface area (Å²) in [6.07, 6.45) is 2.50. The van der Waals surface area contributed by atoms with E-state index in [9.17, 15) is 14.7 Å². The molecule has 1 saturated heterocycles. The molecule has 21 heavy (non-hydrogen) atoms. The lowest BCUT2D eigenvalue weighted by Crippen LogP contribution is -2.57. The van der Waals surface area contributed by atoms with E-state index in [2.05, 4.69) is 18.8 Å². The molecule has 3 N–H and O–H groups in total. The van der Waals surface area contributed by atoms with Crippen LogP contribution in [0.1, 0.15) is 48.7 Å². The number of amides is 2. The predicted molar refractivity (Wildman–Crippen MR) is 77.6 cm³/mol. The van der Waals surface area contributed by atoms with Crippen molar-refractivity contribution in [2.75, 3.05) is 13.1 Å². The Morgan fingerprint density at radius 1 is 1.43 bits per heavy atom. The second-order valence-electron chi connectivity index (χ2n) is 5.86. The molecule has 114 valence electrons. The lowest BCUT2D eigenvalue weighted by molar-refractivity contribution is -0.140. The Balaban J connectivity index is 2.14. The van der Waals surface area contributed by atoms with Crippen LogP contribution in [0.3, 0.4) is 0 Å². The average Bonchev–Trinajstić information content (AvgIpc) is 2.46. The van der Waals surface area contributed by atoms with Crippen molar-refractivity contribution in [3.63, 3.8) is 0 Å². The number of carbonyl (C=O) groups is 2. The number of nitrogens with two attached hydrogens (primary N) is 1. The lowest BCUT2D eigenvalue weighted by atomic mass is 9.92. The molecule has 0 spiro atoms. The highest BCUT2D eigenvalue weighted by Crippen LogP contribution is 2.22. The standard InChI is InChI=1S/C15H21N3O3/c1-10(2)11-4-5-12(17-8-11)13(19)18-7-3-6-15(21,9-18)14(16)20/h4-5,8,10,21H,3,6-7,9H2,1-2H3,(H2,16,20). The van der Waals surface area contributed by atoms with Gasteiger partial charge in [-0.1, -0.05) is 19.9 Å². The quantitative estimate of drug-likeness (QED) is 0.855. The fourth-order valence-corrected chi connectivity index (χ4v) is 2.45. The zero-order chi connectivity index (χ0) is 15.6. The molecule has 0 aromatic carbocycles. The van der Waals surface area contributed by atoms with Crippen LogP contribution in [0.5, 0.6) is 0 Å². The fourth-order valence-electron chi connectivity index (χ4n) is 2.45. The van der Waals surface area contributed by atoms with Crippen LogP contribution < -0.4 is 5.73 Å². The summed E-state index contributed by atoms with van der Waals surface area (Å²) in [5, 5.41) is 10.1. The van der Waals surface area contributed by atoms with E-state index in [0.29, 0.717) is 24.6 Å². The number of nitrogens with zero attached hydrogens (tertiary/aromatic N) is 2. The Labute approximate surface area is 124 Å². The van der Waals surface area contributed by atoms with Crippen LogP contribution in [0.15, 0.2) is 18.3 Å². The number of aliphatic hydroxyl groups is 1. The Kier molecular flexibility index (Phi) is 4.27. The molecule has 6 nitrogen and oxygen atoms in total. The second-order valence-corrected chi connectivity index (χ2v) is 5.86. The SMILES string of the molecule is CC(C)c1ccc(C(=O)N2CCCC(O)(C(N)=O)C2)nc1. The van der Waals surface area contributed by atoms with Crippen molar-refractivity contribution in [2.45, 2.75) is 38.2 Å². The molecule has 1 unspecified atom stereocenters. The van der Waals surface area contributed by atoms with Crippen molar-refractivity contribution in [2.24, 2.45) is 5.73 Å². The summed E-state index contributed by atoms with van der Waals surface area (Å²) in [7, 11) is 0. The largest absolute Gasteiger partial charge is 0.378 e. The first-order valence-electron chi connectivity index (χ1n) is 7.11. The number of hydrogen-bond donors (Lipinski definition) is 2. The summed E-state index contributed by atoms with van der Waals surface area (Å²) in [5.74, 6) is -0.732. The summed E-state index contributed by atoms with van der Waals surface area (Å²) < 4.78 is 0. The smallest absolute Gasteiger partial charge is 0.272 e. The van der Waals surface area contributed by atoms with Gasteiger partial charge in [-0.2, -0.15) is 0 Å². The second kappa shape index (κ2) is 5.81. The number of aromatic nitrogens is 1. The van der Waals surface area contributed by atoms with Gasteiger partial charge in [-0.05, 0) is 30.4 Å². The van der Waals surface area contributed by atoms with Gasteiger partial charge in [-0.25, -0.2) is 0 Å². The van der Waals surface area contributed by atoms with Crippen molar-refractivity contribution in [3.8, 4) is 0 Å². The van der Waals surface area contributed by atoms with Crippen molar-refractivity contribution in [3.05, 3.63) is 29.6 Å². The van der Waals surface area contributed by atoms with Gasteiger partial charge in [0.05, 0.1) is 6.54 Å². The molecule has 0 bridgehead atoms. The topological polar surface area (TPSA) is 96.5 Å². The van der Waals surface area contributed by atoms with E-state index < -0.39 is 11.5 Å². The molecule has 1 fully saturated rings. The molecule has 2 heterocycles. The van der Waals surface area contributed by atoms with Gasteiger partial charge in [-0.15, -0.1) is 0 Å². The van der Waals surface area contributed by atoms with Gasteiger partial charge >= 0.3 is 0 Å². The van der Waals surface area contributed by atoms with Gasteiger partial charge < -0.3 is 15.7 Å². The molecule has 1 aliphatic heterocycles. The van der Waals surface area contributed by atoms with Crippen LogP contribution in [-0.2, 0) is 4.79 Å². The van der Waals surface area contributed by atoms with Crippen LogP contribution in [0.2, 0.25) is 0 Å². The van der Waals surface area contributed by atoms with E-state index in [1.54, 1.807) is 12.3 Å². The maximum atomic E-state index is 12.4. The molecule has 2 rings (SSSR count). The summed E-state index contributed by atoms with van der Waals surface area (Å²) in [6, 6.07) is 3.55. The number of likely N-dealkylation sites (tertiary alicyclic amines) is 1. The van der Waals surface area contributed by atoms with Crippen LogP contribution in [-0.4, -0.2) is 45.5 Å². The number of hydrogen-bond acceptors (Lipinski definition) is 4. The third-order valence-corrected chi connectivity index (χ3v) is 3.89. The van der Waals surface area contributed by atoms with Gasteiger partial charge in [0.15, 0.2) is 5.60 Å². The van der Waals surface area contributed by atoms with Crippen LogP contribution in [0, 0.1) is 0 Å². The normalized spacial score (nSPS) is 22.4. The highest BCUT2D eigenvalue weighted by atomic mass is 16.3. The molecule has 2 amide bonds. The summed E-state index contributed by atoms with van der Waals surface area (Å²) >= 11 is 0. The van der Waals surface area contributed by atoms with Gasteiger partial charge in [0.2, 0.25) is 0 Å². The van der Waals surface area contributed by atoms with Crippen molar-refractivity contribution >= 4 is 11.8 Å². The lowest BCUT2D eigenvalue weighted by Gasteiger charge is -2.36. The Hall–Kier alpha value is -1.95. The van der Waals surface area contributed by atoms with Crippen LogP contribution in [0.25, 0.3) is 0 Å². The van der Waals surface area contributed by atoms with Crippen molar-refractivity contribution < 1.29 is 14.7 Å². The van der Waals surface area contributed by atoms with E-state index in [1.807, 2.05) is 6.07 Å². The number of carbonyl (C=O) groups excluding carboxylic acids is 2. The van der Waals surface area contributed by atoms with E-state index in [-0.39, 0.29) is 18.9 Å². The minimum atomic E-state index is -1.63. The van der Waals surface area contributed by atoms with Gasteiger partial charge in [0, 0.05) is 12.7 Å². The first kappa shape index (κ1) is 15.4. The monoisotopic (exact) mass is 291 g/mol. The molecule has 1 atom stereocenters. The maximum absolute atomic E-state index is 12.4. The average molecular weight is 291 g/mol. The first-order valence-corrected chi connectivity index (χ1v) is 7.11. The van der Waals surface area contributed by atoms with Crippen molar-refractivity contribution in [1.29, 1.82) is 0 Å². The molecule has 1 aliphatic rings. The number of piperidine rings is 1. The van der Waals surface area contributed by atoms with E-state index in [1.165, 1.54) is 4.90 Å². The number of rotatable bonds is 3. The summed E-state index contributed by atoms with van der Waals surface area (Å²) in [4.78, 5) is 29.3. The maximum Gasteiger partial charge on any atom is 0.272 e. The molecule has 0 aliphatic carbocycles. The van der Waals surface area contributed by atoms with Gasteiger partial charge in [0.1, 0.15) is 5.69 Å². The molecule has 0 saturated carbocycles. The Morgan fingerprint density at radius 2 is 2.14 bits per heavy atom. The molecule has 1 aromatic rings. The first-order chi connectivity index (χ1) is 9.83. The molecular weight excluding hydrogens is 270 g/mol. The van der Waals surface area contributed by atoms with Gasteiger partial charge in [-0.3, -0.25) is 14.6 Å². The van der Waals surface area contributed by atoms with E-state index in [4.69, 9.17) is 5.73 Å². The third-order valence-electron chi connectivity index (χ3n) is 3.89. The van der Waals surface area contributed by atoms with Crippen molar-refractivity contribution in [1.82, 2.24) is 9.88 Å².